The zero-order valence-corrected chi connectivity index (χ0v) is 19.5. The van der Waals surface area contributed by atoms with Crippen LogP contribution in [0, 0.1) is 11.2 Å². The fraction of sp³-hybridized carbons (Fsp3) is 0.160. The Morgan fingerprint density at radius 2 is 1.91 bits per heavy atom. The first-order valence-corrected chi connectivity index (χ1v) is 11.4. The molecular weight excluding hydrogens is 471 g/mol. The minimum absolute atomic E-state index is 0.239. The zero-order chi connectivity index (χ0) is 24.7. The maximum absolute atomic E-state index is 14.3. The third-order valence-corrected chi connectivity index (χ3v) is 6.60. The molecule has 1 amide bonds. The molecule has 1 aliphatic rings. The first kappa shape index (κ1) is 22.6. The van der Waals surface area contributed by atoms with Gasteiger partial charge < -0.3 is 15.2 Å². The second-order valence-corrected chi connectivity index (χ2v) is 9.37. The highest BCUT2D eigenvalue weighted by molar-refractivity contribution is 7.09. The number of nitrogens with one attached hydrogen (secondary N) is 1. The van der Waals surface area contributed by atoms with Gasteiger partial charge in [0.1, 0.15) is 17.9 Å². The van der Waals surface area contributed by atoms with E-state index in [9.17, 15) is 14.0 Å². The Labute approximate surface area is 203 Å². The van der Waals surface area contributed by atoms with Crippen LogP contribution in [-0.4, -0.2) is 31.3 Å². The van der Waals surface area contributed by atoms with Crippen LogP contribution >= 0.6 is 11.5 Å². The number of carbonyl (C=O) groups is 2. The lowest BCUT2D eigenvalue weighted by atomic mass is 9.69. The summed E-state index contributed by atoms with van der Waals surface area (Å²) in [5, 5.41) is 12.3. The average molecular weight is 491 g/mol. The van der Waals surface area contributed by atoms with Crippen molar-refractivity contribution in [2.24, 2.45) is 5.41 Å². The number of carboxylic acid groups (broad SMARTS) is 1. The number of carboxylic acids is 1. The average Bonchev–Trinajstić information content (AvgIpc) is 3.34. The van der Waals surface area contributed by atoms with Crippen molar-refractivity contribution in [3.8, 4) is 22.9 Å². The summed E-state index contributed by atoms with van der Waals surface area (Å²) in [6, 6.07) is 14.8. The predicted octanol–water partition coefficient (Wildman–Crippen LogP) is 5.34. The maximum Gasteiger partial charge on any atom is 0.338 e. The van der Waals surface area contributed by atoms with E-state index < -0.39 is 28.7 Å². The van der Waals surface area contributed by atoms with Gasteiger partial charge in [-0.05, 0) is 24.3 Å². The van der Waals surface area contributed by atoms with Crippen LogP contribution in [0.2, 0.25) is 0 Å². The number of rotatable bonds is 5. The van der Waals surface area contributed by atoms with Gasteiger partial charge in [-0.25, -0.2) is 19.2 Å². The van der Waals surface area contributed by atoms with Crippen molar-refractivity contribution in [2.75, 3.05) is 5.32 Å². The lowest BCUT2D eigenvalue weighted by Gasteiger charge is -2.37. The summed E-state index contributed by atoms with van der Waals surface area (Å²) in [5.74, 6) is -1.97. The van der Waals surface area contributed by atoms with Crippen molar-refractivity contribution in [2.45, 2.75) is 19.8 Å². The summed E-state index contributed by atoms with van der Waals surface area (Å²) in [7, 11) is 0. The second kappa shape index (κ2) is 8.55. The Morgan fingerprint density at radius 3 is 2.63 bits per heavy atom. The molecule has 0 saturated heterocycles. The fourth-order valence-electron chi connectivity index (χ4n) is 4.24. The molecule has 1 aliphatic heterocycles. The van der Waals surface area contributed by atoms with Gasteiger partial charge in [0.15, 0.2) is 0 Å². The van der Waals surface area contributed by atoms with E-state index in [-0.39, 0.29) is 5.91 Å². The molecule has 2 aromatic carbocycles. The minimum Gasteiger partial charge on any atom is -0.478 e. The highest BCUT2D eigenvalue weighted by Crippen LogP contribution is 2.52. The van der Waals surface area contributed by atoms with E-state index in [0.717, 1.165) is 23.2 Å². The first-order valence-electron chi connectivity index (χ1n) is 10.6. The number of benzene rings is 2. The number of amides is 1. The Morgan fingerprint density at radius 1 is 1.11 bits per heavy atom. The summed E-state index contributed by atoms with van der Waals surface area (Å²) in [6.45, 7) is 3.68. The Kier molecular flexibility index (Phi) is 5.52. The van der Waals surface area contributed by atoms with E-state index in [1.165, 1.54) is 18.5 Å². The number of ether oxygens (including phenoxy) is 1. The Bertz CT molecular complexity index is 1460. The summed E-state index contributed by atoms with van der Waals surface area (Å²) < 4.78 is 24.3. The number of hydrogen-bond acceptors (Lipinski definition) is 7. The van der Waals surface area contributed by atoms with Crippen molar-refractivity contribution in [1.29, 1.82) is 0 Å². The molecule has 0 unspecified atom stereocenters. The quantitative estimate of drug-likeness (QED) is 0.388. The molecule has 8 nitrogen and oxygen atoms in total. The Balaban J connectivity index is 1.57. The number of anilines is 1. The molecule has 0 bridgehead atoms. The number of aromatic nitrogens is 3. The van der Waals surface area contributed by atoms with Gasteiger partial charge >= 0.3 is 5.97 Å². The molecule has 176 valence electrons. The van der Waals surface area contributed by atoms with Gasteiger partial charge in [-0.2, -0.15) is 4.37 Å². The number of para-hydroxylation sites is 1. The third kappa shape index (κ3) is 4.01. The molecule has 5 rings (SSSR count). The van der Waals surface area contributed by atoms with E-state index in [4.69, 9.17) is 9.84 Å². The standard InChI is InChI=1S/C25H19FN4O4S/c1-25(2,23(33)30-24-27-12-28-35-24)20-15-5-3-4-6-19(15)34-21-16(20)9-10-18(29-21)13-7-8-14(22(31)32)17(26)11-13/h3-12,20H,1-2H3,(H,31,32)(H,27,28,30,33)/t20-/m0/s1. The Hall–Kier alpha value is -4.18. The van der Waals surface area contributed by atoms with Gasteiger partial charge in [0.25, 0.3) is 0 Å². The molecule has 0 saturated carbocycles. The van der Waals surface area contributed by atoms with Crippen LogP contribution in [0.1, 0.15) is 41.3 Å². The highest BCUT2D eigenvalue weighted by Gasteiger charge is 2.44. The molecule has 2 N–H and O–H groups in total. The number of nitrogens with zero attached hydrogens (tertiary/aromatic N) is 3. The van der Waals surface area contributed by atoms with E-state index >= 15 is 0 Å². The number of hydrogen-bond donors (Lipinski definition) is 2. The number of halogens is 1. The van der Waals surface area contributed by atoms with Gasteiger partial charge in [-0.1, -0.05) is 44.2 Å². The smallest absolute Gasteiger partial charge is 0.338 e. The second-order valence-electron chi connectivity index (χ2n) is 8.59. The number of aromatic carboxylic acids is 1. The summed E-state index contributed by atoms with van der Waals surface area (Å²) in [5.41, 5.74) is 1.01. The van der Waals surface area contributed by atoms with Gasteiger partial charge in [0.05, 0.1) is 16.7 Å². The topological polar surface area (TPSA) is 114 Å². The van der Waals surface area contributed by atoms with Gasteiger partial charge in [-0.15, -0.1) is 0 Å². The molecule has 1 atom stereocenters. The molecule has 0 spiro atoms. The molecule has 35 heavy (non-hydrogen) atoms. The third-order valence-electron chi connectivity index (χ3n) is 6.02. The van der Waals surface area contributed by atoms with Crippen molar-refractivity contribution >= 4 is 28.5 Å². The summed E-state index contributed by atoms with van der Waals surface area (Å²) in [4.78, 5) is 33.1. The van der Waals surface area contributed by atoms with Crippen LogP contribution in [0.4, 0.5) is 9.52 Å². The minimum atomic E-state index is -1.34. The maximum atomic E-state index is 14.3. The van der Waals surface area contributed by atoms with Crippen molar-refractivity contribution in [1.82, 2.24) is 14.3 Å². The normalized spacial score (nSPS) is 14.4. The van der Waals surface area contributed by atoms with Gasteiger partial charge in [-0.3, -0.25) is 4.79 Å². The van der Waals surface area contributed by atoms with Gasteiger partial charge in [0, 0.05) is 34.1 Å². The lowest BCUT2D eigenvalue weighted by molar-refractivity contribution is -0.124. The first-order chi connectivity index (χ1) is 16.8. The number of fused-ring (bicyclic) bond motifs is 2. The van der Waals surface area contributed by atoms with Crippen LogP contribution in [0.3, 0.4) is 0 Å². The number of pyridine rings is 1. The van der Waals surface area contributed by atoms with Crippen LogP contribution in [0.5, 0.6) is 11.6 Å². The largest absolute Gasteiger partial charge is 0.478 e. The van der Waals surface area contributed by atoms with Crippen molar-refractivity contribution < 1.29 is 23.8 Å². The molecule has 0 aliphatic carbocycles. The van der Waals surface area contributed by atoms with Crippen molar-refractivity contribution in [3.05, 3.63) is 83.4 Å². The van der Waals surface area contributed by atoms with E-state index in [1.54, 1.807) is 18.2 Å². The van der Waals surface area contributed by atoms with E-state index in [2.05, 4.69) is 19.7 Å². The van der Waals surface area contributed by atoms with E-state index in [0.29, 0.717) is 33.6 Å². The SMILES string of the molecule is CC(C)(C(=O)Nc1ncns1)[C@H]1c2ccccc2Oc2nc(-c3ccc(C(=O)O)c(F)c3)ccc21. The molecule has 3 heterocycles. The predicted molar refractivity (Wildman–Crippen MR) is 127 cm³/mol. The van der Waals surface area contributed by atoms with Crippen LogP contribution in [0.25, 0.3) is 11.3 Å². The molecule has 0 radical (unpaired) electrons. The monoisotopic (exact) mass is 490 g/mol. The van der Waals surface area contributed by atoms with Crippen LogP contribution in [-0.2, 0) is 4.79 Å². The number of carbonyl (C=O) groups excluding carboxylic acids is 1. The fourth-order valence-corrected chi connectivity index (χ4v) is 4.67. The summed E-state index contributed by atoms with van der Waals surface area (Å²) in [6.07, 6.45) is 1.38. The molecule has 0 fully saturated rings. The summed E-state index contributed by atoms with van der Waals surface area (Å²) >= 11 is 1.09. The molecule has 4 aromatic rings. The van der Waals surface area contributed by atoms with E-state index in [1.807, 2.05) is 32.0 Å². The lowest BCUT2D eigenvalue weighted by Crippen LogP contribution is -2.38. The molecular formula is C25H19FN4O4S. The highest BCUT2D eigenvalue weighted by atomic mass is 32.1. The molecule has 2 aromatic heterocycles. The van der Waals surface area contributed by atoms with Crippen LogP contribution < -0.4 is 10.1 Å². The van der Waals surface area contributed by atoms with Crippen molar-refractivity contribution in [3.63, 3.8) is 0 Å². The molecule has 10 heteroatoms. The van der Waals surface area contributed by atoms with Crippen LogP contribution in [0.15, 0.2) is 60.9 Å². The zero-order valence-electron chi connectivity index (χ0n) is 18.7. The van der Waals surface area contributed by atoms with Gasteiger partial charge in [0.2, 0.25) is 16.9 Å².